The van der Waals surface area contributed by atoms with Crippen LogP contribution in [0.2, 0.25) is 0 Å². The first-order valence-corrected chi connectivity index (χ1v) is 10.2. The largest absolute Gasteiger partial charge is 0.492 e. The minimum Gasteiger partial charge on any atom is -0.492 e. The summed E-state index contributed by atoms with van der Waals surface area (Å²) in [6, 6.07) is 24.7. The molecule has 3 aromatic rings. The molecule has 0 aromatic heterocycles. The molecule has 1 amide bonds. The SMILES string of the molecule is CCOc1ccccc1NC(=O)[C@H]1CC1(c1cccc(C)c1)c1cccc(C)c1. The Morgan fingerprint density at radius 1 is 0.966 bits per heavy atom. The molecule has 0 bridgehead atoms. The molecule has 1 N–H and O–H groups in total. The highest BCUT2D eigenvalue weighted by Gasteiger charge is 2.60. The molecule has 1 aliphatic rings. The standard InChI is InChI=1S/C26H27NO2/c1-4-29-24-14-6-5-13-23(24)27-25(28)22-17-26(22,20-11-7-9-18(2)15-20)21-12-8-10-19(3)16-21/h5-16,22H,4,17H2,1-3H3,(H,27,28)/t22-/m1/s1. The number of anilines is 1. The first-order valence-electron chi connectivity index (χ1n) is 10.2. The van der Waals surface area contributed by atoms with Crippen LogP contribution in [0.3, 0.4) is 0 Å². The van der Waals surface area contributed by atoms with Gasteiger partial charge >= 0.3 is 0 Å². The summed E-state index contributed by atoms with van der Waals surface area (Å²) in [7, 11) is 0. The van der Waals surface area contributed by atoms with Crippen LogP contribution < -0.4 is 10.1 Å². The van der Waals surface area contributed by atoms with Gasteiger partial charge in [-0.2, -0.15) is 0 Å². The number of carbonyl (C=O) groups excluding carboxylic acids is 1. The lowest BCUT2D eigenvalue weighted by Crippen LogP contribution is -2.22. The molecule has 1 fully saturated rings. The van der Waals surface area contributed by atoms with Crippen LogP contribution in [-0.2, 0) is 10.2 Å². The molecule has 148 valence electrons. The first-order chi connectivity index (χ1) is 14.0. The van der Waals surface area contributed by atoms with Crippen molar-refractivity contribution in [1.82, 2.24) is 0 Å². The Kier molecular flexibility index (Phi) is 5.14. The molecule has 1 aliphatic carbocycles. The summed E-state index contributed by atoms with van der Waals surface area (Å²) in [6.45, 7) is 6.71. The van der Waals surface area contributed by atoms with Gasteiger partial charge in [-0.15, -0.1) is 0 Å². The van der Waals surface area contributed by atoms with E-state index < -0.39 is 0 Å². The van der Waals surface area contributed by atoms with E-state index in [9.17, 15) is 4.79 Å². The Morgan fingerprint density at radius 2 is 1.59 bits per heavy atom. The first kappa shape index (κ1) is 19.3. The number of nitrogens with one attached hydrogen (secondary N) is 1. The van der Waals surface area contributed by atoms with Gasteiger partial charge in [0.1, 0.15) is 5.75 Å². The maximum atomic E-state index is 13.3. The van der Waals surface area contributed by atoms with Crippen molar-refractivity contribution in [1.29, 1.82) is 0 Å². The topological polar surface area (TPSA) is 38.3 Å². The van der Waals surface area contributed by atoms with Gasteiger partial charge in [-0.1, -0.05) is 71.8 Å². The van der Waals surface area contributed by atoms with Gasteiger partial charge in [0.15, 0.2) is 0 Å². The lowest BCUT2D eigenvalue weighted by molar-refractivity contribution is -0.117. The van der Waals surface area contributed by atoms with Gasteiger partial charge in [-0.3, -0.25) is 4.79 Å². The van der Waals surface area contributed by atoms with E-state index in [1.807, 2.05) is 31.2 Å². The van der Waals surface area contributed by atoms with Gasteiger partial charge in [-0.05, 0) is 50.5 Å². The number of hydrogen-bond donors (Lipinski definition) is 1. The zero-order valence-corrected chi connectivity index (χ0v) is 17.2. The second kappa shape index (κ2) is 7.75. The molecule has 0 heterocycles. The van der Waals surface area contributed by atoms with Crippen molar-refractivity contribution >= 4 is 11.6 Å². The van der Waals surface area contributed by atoms with Crippen LogP contribution in [0.5, 0.6) is 5.75 Å². The molecule has 3 nitrogen and oxygen atoms in total. The normalized spacial score (nSPS) is 16.9. The summed E-state index contributed by atoms with van der Waals surface area (Å²) in [5.74, 6) is 0.640. The lowest BCUT2D eigenvalue weighted by Gasteiger charge is -2.20. The van der Waals surface area contributed by atoms with Crippen LogP contribution in [-0.4, -0.2) is 12.5 Å². The van der Waals surface area contributed by atoms with E-state index >= 15 is 0 Å². The molecule has 3 heteroatoms. The Balaban J connectivity index is 1.68. The highest BCUT2D eigenvalue weighted by molar-refractivity contribution is 5.98. The molecule has 3 aromatic carbocycles. The quantitative estimate of drug-likeness (QED) is 0.596. The maximum Gasteiger partial charge on any atom is 0.228 e. The van der Waals surface area contributed by atoms with Crippen LogP contribution in [0.25, 0.3) is 0 Å². The average molecular weight is 386 g/mol. The smallest absolute Gasteiger partial charge is 0.228 e. The number of para-hydroxylation sites is 2. The van der Waals surface area contributed by atoms with Crippen LogP contribution in [0, 0.1) is 19.8 Å². The van der Waals surface area contributed by atoms with Crippen molar-refractivity contribution in [3.63, 3.8) is 0 Å². The monoisotopic (exact) mass is 385 g/mol. The number of amides is 1. The number of aryl methyl sites for hydroxylation is 2. The highest BCUT2D eigenvalue weighted by atomic mass is 16.5. The number of ether oxygens (including phenoxy) is 1. The molecule has 0 spiro atoms. The van der Waals surface area contributed by atoms with Gasteiger partial charge in [0.2, 0.25) is 5.91 Å². The number of rotatable bonds is 6. The predicted molar refractivity (Wildman–Crippen MR) is 117 cm³/mol. The molecule has 1 saturated carbocycles. The van der Waals surface area contributed by atoms with E-state index in [4.69, 9.17) is 4.74 Å². The summed E-state index contributed by atoms with van der Waals surface area (Å²) in [4.78, 5) is 13.3. The zero-order valence-electron chi connectivity index (χ0n) is 17.2. The van der Waals surface area contributed by atoms with Crippen molar-refractivity contribution in [2.24, 2.45) is 5.92 Å². The Morgan fingerprint density at radius 3 is 2.17 bits per heavy atom. The molecule has 0 aliphatic heterocycles. The van der Waals surface area contributed by atoms with E-state index in [0.29, 0.717) is 12.4 Å². The van der Waals surface area contributed by atoms with Gasteiger partial charge in [0, 0.05) is 5.41 Å². The molecule has 29 heavy (non-hydrogen) atoms. The van der Waals surface area contributed by atoms with E-state index in [1.54, 1.807) is 0 Å². The van der Waals surface area contributed by atoms with E-state index in [-0.39, 0.29) is 17.2 Å². The van der Waals surface area contributed by atoms with E-state index in [0.717, 1.165) is 12.1 Å². The van der Waals surface area contributed by atoms with Gasteiger partial charge < -0.3 is 10.1 Å². The van der Waals surface area contributed by atoms with Crippen molar-refractivity contribution in [3.8, 4) is 5.75 Å². The molecule has 1 atom stereocenters. The summed E-state index contributed by atoms with van der Waals surface area (Å²) < 4.78 is 5.68. The zero-order chi connectivity index (χ0) is 20.4. The molecular formula is C26H27NO2. The van der Waals surface area contributed by atoms with Crippen LogP contribution in [0.1, 0.15) is 35.6 Å². The van der Waals surface area contributed by atoms with Gasteiger partial charge in [-0.25, -0.2) is 0 Å². The minimum atomic E-state index is -0.275. The van der Waals surface area contributed by atoms with Crippen LogP contribution in [0.4, 0.5) is 5.69 Å². The van der Waals surface area contributed by atoms with Gasteiger partial charge in [0.25, 0.3) is 0 Å². The van der Waals surface area contributed by atoms with Crippen molar-refractivity contribution in [2.45, 2.75) is 32.6 Å². The van der Waals surface area contributed by atoms with Crippen molar-refractivity contribution in [3.05, 3.63) is 95.1 Å². The fourth-order valence-corrected chi connectivity index (χ4v) is 4.30. The predicted octanol–water partition coefficient (Wildman–Crippen LogP) is 5.65. The third-order valence-corrected chi connectivity index (χ3v) is 5.79. The lowest BCUT2D eigenvalue weighted by atomic mass is 9.84. The second-order valence-electron chi connectivity index (χ2n) is 7.89. The molecule has 0 unspecified atom stereocenters. The Hall–Kier alpha value is -3.07. The van der Waals surface area contributed by atoms with Crippen LogP contribution in [0.15, 0.2) is 72.8 Å². The third kappa shape index (κ3) is 3.65. The van der Waals surface area contributed by atoms with E-state index in [1.165, 1.54) is 22.3 Å². The average Bonchev–Trinajstić information content (AvgIpc) is 3.47. The fourth-order valence-electron chi connectivity index (χ4n) is 4.30. The Labute approximate surface area is 172 Å². The number of carbonyl (C=O) groups is 1. The minimum absolute atomic E-state index is 0.0418. The summed E-state index contributed by atoms with van der Waals surface area (Å²) in [5.41, 5.74) is 5.30. The molecular weight excluding hydrogens is 358 g/mol. The van der Waals surface area contributed by atoms with E-state index in [2.05, 4.69) is 67.7 Å². The molecule has 4 rings (SSSR count). The number of hydrogen-bond acceptors (Lipinski definition) is 2. The second-order valence-corrected chi connectivity index (χ2v) is 7.89. The third-order valence-electron chi connectivity index (χ3n) is 5.79. The van der Waals surface area contributed by atoms with Crippen LogP contribution >= 0.6 is 0 Å². The summed E-state index contributed by atoms with van der Waals surface area (Å²) >= 11 is 0. The number of benzene rings is 3. The van der Waals surface area contributed by atoms with Crippen molar-refractivity contribution in [2.75, 3.05) is 11.9 Å². The van der Waals surface area contributed by atoms with Crippen molar-refractivity contribution < 1.29 is 9.53 Å². The molecule has 0 radical (unpaired) electrons. The fraction of sp³-hybridized carbons (Fsp3) is 0.269. The van der Waals surface area contributed by atoms with Gasteiger partial charge in [0.05, 0.1) is 18.2 Å². The summed E-state index contributed by atoms with van der Waals surface area (Å²) in [5, 5.41) is 3.12. The maximum absolute atomic E-state index is 13.3. The highest BCUT2D eigenvalue weighted by Crippen LogP contribution is 2.59. The Bertz CT molecular complexity index is 995. The summed E-state index contributed by atoms with van der Waals surface area (Å²) in [6.07, 6.45) is 0.808. The molecule has 0 saturated heterocycles.